The molecule has 1 unspecified atom stereocenters. The zero-order chi connectivity index (χ0) is 27.5. The van der Waals surface area contributed by atoms with Crippen molar-refractivity contribution < 1.29 is 23.5 Å². The second-order valence-corrected chi connectivity index (χ2v) is 11.4. The summed E-state index contributed by atoms with van der Waals surface area (Å²) in [6.45, 7) is 4.87. The zero-order valence-corrected chi connectivity index (χ0v) is 24.7. The molecule has 0 spiro atoms. The van der Waals surface area contributed by atoms with E-state index in [4.69, 9.17) is 9.15 Å². The van der Waals surface area contributed by atoms with Gasteiger partial charge in [-0.05, 0) is 44.8 Å². The van der Waals surface area contributed by atoms with Gasteiger partial charge in [0.05, 0.1) is 6.04 Å². The first kappa shape index (κ1) is 32.6. The van der Waals surface area contributed by atoms with Crippen molar-refractivity contribution in [2.75, 3.05) is 26.4 Å². The Hall–Kier alpha value is -2.63. The lowest BCUT2D eigenvalue weighted by molar-refractivity contribution is -0.129. The Morgan fingerprint density at radius 2 is 1.79 bits per heavy atom. The van der Waals surface area contributed by atoms with Crippen LogP contribution < -0.4 is 10.6 Å². The molecule has 1 aromatic heterocycles. The maximum Gasteiger partial charge on any atom is 0.408 e. The fraction of sp³-hybridized carbons (Fsp3) is 0.593. The lowest BCUT2D eigenvalue weighted by Crippen LogP contribution is -2.62. The van der Waals surface area contributed by atoms with Gasteiger partial charge in [-0.1, -0.05) is 75.2 Å². The third-order valence-corrected chi connectivity index (χ3v) is 7.20. The highest BCUT2D eigenvalue weighted by atomic mass is 35.5. The number of aromatic nitrogens is 2. The number of nitrogens with zero attached hydrogens (tertiary/aromatic N) is 3. The number of Topliss-reactive ketones (excluding diaryl/α,β-unsaturated/α-hetero) is 1. The SMILES string of the molecule is CC(C)CC(NC(=O)C1(NC(=O)OCc2ccccc2)CCCCC1)C(=O)c1nnc(SCCN(C)C)o1.Cl. The van der Waals surface area contributed by atoms with Gasteiger partial charge in [0, 0.05) is 12.3 Å². The summed E-state index contributed by atoms with van der Waals surface area (Å²) < 4.78 is 11.0. The van der Waals surface area contributed by atoms with Crippen molar-refractivity contribution in [2.45, 2.75) is 75.8 Å². The van der Waals surface area contributed by atoms with E-state index >= 15 is 0 Å². The first-order valence-corrected chi connectivity index (χ1v) is 14.1. The number of benzene rings is 1. The summed E-state index contributed by atoms with van der Waals surface area (Å²) in [4.78, 5) is 41.8. The van der Waals surface area contributed by atoms with E-state index in [1.807, 2.05) is 63.2 Å². The number of carbonyl (C=O) groups excluding carboxylic acids is 3. The number of amides is 2. The summed E-state index contributed by atoms with van der Waals surface area (Å²) in [6, 6.07) is 8.49. The molecule has 2 aromatic rings. The van der Waals surface area contributed by atoms with E-state index in [-0.39, 0.29) is 30.8 Å². The van der Waals surface area contributed by atoms with Crippen LogP contribution in [0.2, 0.25) is 0 Å². The van der Waals surface area contributed by atoms with Gasteiger partial charge in [-0.15, -0.1) is 22.6 Å². The van der Waals surface area contributed by atoms with Gasteiger partial charge >= 0.3 is 6.09 Å². The molecule has 3 rings (SSSR count). The molecule has 1 fully saturated rings. The Morgan fingerprint density at radius 3 is 2.44 bits per heavy atom. The number of ketones is 1. The largest absolute Gasteiger partial charge is 0.445 e. The van der Waals surface area contributed by atoms with Crippen molar-refractivity contribution in [3.8, 4) is 0 Å². The van der Waals surface area contributed by atoms with Crippen molar-refractivity contribution >= 4 is 42.0 Å². The number of hydrogen-bond acceptors (Lipinski definition) is 9. The van der Waals surface area contributed by atoms with Gasteiger partial charge in [0.25, 0.3) is 11.1 Å². The highest BCUT2D eigenvalue weighted by Gasteiger charge is 2.43. The molecule has 0 bridgehead atoms. The molecule has 1 aliphatic carbocycles. The molecular weight excluding hydrogens is 542 g/mol. The molecule has 1 aromatic carbocycles. The maximum atomic E-state index is 13.7. The minimum atomic E-state index is -1.15. The molecule has 12 heteroatoms. The van der Waals surface area contributed by atoms with Crippen LogP contribution in [0.25, 0.3) is 0 Å². The molecule has 2 N–H and O–H groups in total. The van der Waals surface area contributed by atoms with E-state index in [0.29, 0.717) is 24.5 Å². The van der Waals surface area contributed by atoms with Crippen LogP contribution in [-0.4, -0.2) is 70.9 Å². The molecule has 1 atom stereocenters. The lowest BCUT2D eigenvalue weighted by Gasteiger charge is -2.37. The average molecular weight is 582 g/mol. The summed E-state index contributed by atoms with van der Waals surface area (Å²) in [5, 5.41) is 14.0. The quantitative estimate of drug-likeness (QED) is 0.260. The molecule has 1 saturated carbocycles. The molecule has 0 radical (unpaired) electrons. The van der Waals surface area contributed by atoms with Crippen molar-refractivity contribution in [3.05, 3.63) is 41.8 Å². The van der Waals surface area contributed by atoms with Gasteiger partial charge in [0.15, 0.2) is 0 Å². The Labute approximate surface area is 240 Å². The summed E-state index contributed by atoms with van der Waals surface area (Å²) in [5.74, 6) is -0.100. The van der Waals surface area contributed by atoms with Gasteiger partial charge in [-0.3, -0.25) is 9.59 Å². The number of ether oxygens (including phenoxy) is 1. The Balaban J connectivity index is 0.00000533. The fourth-order valence-electron chi connectivity index (χ4n) is 4.35. The molecule has 2 amide bonds. The summed E-state index contributed by atoms with van der Waals surface area (Å²) >= 11 is 1.38. The average Bonchev–Trinajstić information content (AvgIpc) is 3.36. The van der Waals surface area contributed by atoms with Crippen LogP contribution in [0.1, 0.15) is 68.6 Å². The van der Waals surface area contributed by atoms with Gasteiger partial charge < -0.3 is 24.7 Å². The standard InChI is InChI=1S/C27H39N5O5S.ClH/c1-19(2)17-21(22(33)23-30-31-26(37-23)38-16-15-32(3)4)28-24(34)27(13-9-6-10-14-27)29-25(35)36-18-20-11-7-5-8-12-20;/h5,7-8,11-12,19,21H,6,9-10,13-18H2,1-4H3,(H,28,34)(H,29,35);1H. The lowest BCUT2D eigenvalue weighted by atomic mass is 9.80. The van der Waals surface area contributed by atoms with E-state index in [0.717, 1.165) is 37.1 Å². The van der Waals surface area contributed by atoms with Crippen LogP contribution in [0.3, 0.4) is 0 Å². The van der Waals surface area contributed by atoms with Gasteiger partial charge in [-0.2, -0.15) is 0 Å². The highest BCUT2D eigenvalue weighted by Crippen LogP contribution is 2.29. The number of rotatable bonds is 13. The molecule has 10 nitrogen and oxygen atoms in total. The number of alkyl carbamates (subject to hydrolysis) is 1. The first-order valence-electron chi connectivity index (χ1n) is 13.1. The Bertz CT molecular complexity index is 1060. The molecule has 216 valence electrons. The van der Waals surface area contributed by atoms with Crippen LogP contribution in [-0.2, 0) is 16.1 Å². The summed E-state index contributed by atoms with van der Waals surface area (Å²) in [5.41, 5.74) is -0.296. The molecule has 1 heterocycles. The van der Waals surface area contributed by atoms with Crippen LogP contribution in [0, 0.1) is 5.92 Å². The summed E-state index contributed by atoms with van der Waals surface area (Å²) in [6.07, 6.45) is 3.21. The molecule has 1 aliphatic rings. The second kappa shape index (κ2) is 15.8. The molecular formula is C27H40ClN5O5S. The van der Waals surface area contributed by atoms with Crippen LogP contribution >= 0.6 is 24.2 Å². The van der Waals surface area contributed by atoms with Crippen molar-refractivity contribution in [1.82, 2.24) is 25.7 Å². The highest BCUT2D eigenvalue weighted by molar-refractivity contribution is 7.99. The van der Waals surface area contributed by atoms with Crippen molar-refractivity contribution in [2.24, 2.45) is 5.92 Å². The van der Waals surface area contributed by atoms with Gasteiger partial charge in [0.1, 0.15) is 12.1 Å². The van der Waals surface area contributed by atoms with Gasteiger partial charge in [-0.25, -0.2) is 4.79 Å². The first-order chi connectivity index (χ1) is 18.2. The van der Waals surface area contributed by atoms with E-state index < -0.39 is 29.4 Å². The maximum absolute atomic E-state index is 13.7. The smallest absolute Gasteiger partial charge is 0.408 e. The monoisotopic (exact) mass is 581 g/mol. The minimum Gasteiger partial charge on any atom is -0.445 e. The third-order valence-electron chi connectivity index (χ3n) is 6.41. The number of halogens is 1. The third kappa shape index (κ3) is 10.1. The second-order valence-electron chi connectivity index (χ2n) is 10.4. The van der Waals surface area contributed by atoms with E-state index in [2.05, 4.69) is 20.8 Å². The van der Waals surface area contributed by atoms with E-state index in [1.165, 1.54) is 11.8 Å². The Kier molecular flexibility index (Phi) is 13.2. The van der Waals surface area contributed by atoms with Crippen LogP contribution in [0.4, 0.5) is 4.79 Å². The van der Waals surface area contributed by atoms with Crippen LogP contribution in [0.5, 0.6) is 0 Å². The molecule has 39 heavy (non-hydrogen) atoms. The van der Waals surface area contributed by atoms with Gasteiger partial charge in [0.2, 0.25) is 11.7 Å². The van der Waals surface area contributed by atoms with Crippen molar-refractivity contribution in [3.63, 3.8) is 0 Å². The fourth-order valence-corrected chi connectivity index (χ4v) is 5.22. The number of nitrogens with one attached hydrogen (secondary N) is 2. The predicted octanol–water partition coefficient (Wildman–Crippen LogP) is 4.49. The minimum absolute atomic E-state index is 0. The van der Waals surface area contributed by atoms with E-state index in [9.17, 15) is 14.4 Å². The van der Waals surface area contributed by atoms with E-state index in [1.54, 1.807) is 0 Å². The zero-order valence-electron chi connectivity index (χ0n) is 23.1. The topological polar surface area (TPSA) is 127 Å². The number of thioether (sulfide) groups is 1. The molecule has 0 saturated heterocycles. The molecule has 0 aliphatic heterocycles. The van der Waals surface area contributed by atoms with Crippen LogP contribution in [0.15, 0.2) is 40.0 Å². The number of hydrogen-bond donors (Lipinski definition) is 2. The number of carbonyl (C=O) groups is 3. The predicted molar refractivity (Wildman–Crippen MR) is 152 cm³/mol. The summed E-state index contributed by atoms with van der Waals surface area (Å²) in [7, 11) is 3.94. The Morgan fingerprint density at radius 1 is 1.10 bits per heavy atom. The normalized spacial score (nSPS) is 15.3. The van der Waals surface area contributed by atoms with Crippen molar-refractivity contribution in [1.29, 1.82) is 0 Å².